The highest BCUT2D eigenvalue weighted by Crippen LogP contribution is 2.23. The molecule has 2 rings (SSSR count). The van der Waals surface area contributed by atoms with Crippen LogP contribution in [0.15, 0.2) is 48.5 Å². The molecule has 0 heterocycles. The van der Waals surface area contributed by atoms with Crippen LogP contribution in [0, 0.1) is 5.82 Å². The molecule has 0 unspecified atom stereocenters. The van der Waals surface area contributed by atoms with E-state index in [0.29, 0.717) is 21.2 Å². The van der Waals surface area contributed by atoms with Gasteiger partial charge in [-0.05, 0) is 36.4 Å². The lowest BCUT2D eigenvalue weighted by Gasteiger charge is -1.99. The molecule has 4 heteroatoms. The fraction of sp³-hybridized carbons (Fsp3) is 0. The monoisotopic (exact) mass is 294 g/mol. The molecule has 2 aromatic rings. The highest BCUT2D eigenvalue weighted by molar-refractivity contribution is 6.42. The summed E-state index contributed by atoms with van der Waals surface area (Å²) in [6.45, 7) is 0. The van der Waals surface area contributed by atoms with Crippen molar-refractivity contribution >= 4 is 35.1 Å². The van der Waals surface area contributed by atoms with Crippen LogP contribution in [0.5, 0.6) is 0 Å². The van der Waals surface area contributed by atoms with Crippen molar-refractivity contribution in [3.8, 4) is 0 Å². The van der Waals surface area contributed by atoms with Crippen molar-refractivity contribution in [2.75, 3.05) is 0 Å². The molecule has 0 aliphatic heterocycles. The predicted octanol–water partition coefficient (Wildman–Crippen LogP) is 5.03. The summed E-state index contributed by atoms with van der Waals surface area (Å²) < 4.78 is 13.4. The highest BCUT2D eigenvalue weighted by atomic mass is 35.5. The lowest BCUT2D eigenvalue weighted by atomic mass is 10.1. The average molecular weight is 295 g/mol. The summed E-state index contributed by atoms with van der Waals surface area (Å²) in [5.41, 5.74) is 0.762. The van der Waals surface area contributed by atoms with Crippen molar-refractivity contribution in [1.82, 2.24) is 0 Å². The molecule has 0 aliphatic rings. The fourth-order valence-electron chi connectivity index (χ4n) is 1.52. The first-order valence-electron chi connectivity index (χ1n) is 5.50. The summed E-state index contributed by atoms with van der Waals surface area (Å²) in [6.07, 6.45) is 2.73. The minimum Gasteiger partial charge on any atom is -0.289 e. The average Bonchev–Trinajstić information content (AvgIpc) is 2.40. The third-order valence-electron chi connectivity index (χ3n) is 2.52. The standard InChI is InChI=1S/C15H9Cl2FO/c16-12-7-5-11(9-13(12)17)15(19)8-6-10-3-1-2-4-14(10)18/h1-9H. The number of hydrogen-bond acceptors (Lipinski definition) is 1. The maximum atomic E-state index is 13.4. The Kier molecular flexibility index (Phi) is 4.35. The molecule has 0 bridgehead atoms. The molecule has 0 spiro atoms. The first-order valence-corrected chi connectivity index (χ1v) is 6.25. The maximum absolute atomic E-state index is 13.4. The molecule has 0 radical (unpaired) electrons. The van der Waals surface area contributed by atoms with Gasteiger partial charge in [0.1, 0.15) is 5.82 Å². The molecule has 0 atom stereocenters. The minimum absolute atomic E-state index is 0.262. The van der Waals surface area contributed by atoms with Crippen LogP contribution in [-0.2, 0) is 0 Å². The van der Waals surface area contributed by atoms with Gasteiger partial charge in [-0.1, -0.05) is 41.4 Å². The Balaban J connectivity index is 2.21. The summed E-state index contributed by atoms with van der Waals surface area (Å²) in [5, 5.41) is 0.697. The van der Waals surface area contributed by atoms with Gasteiger partial charge in [0.15, 0.2) is 5.78 Å². The Bertz CT molecular complexity index is 650. The second-order valence-corrected chi connectivity index (χ2v) is 4.66. The number of benzene rings is 2. The summed E-state index contributed by atoms with van der Waals surface area (Å²) in [7, 11) is 0. The van der Waals surface area contributed by atoms with E-state index >= 15 is 0 Å². The van der Waals surface area contributed by atoms with E-state index in [2.05, 4.69) is 0 Å². The zero-order chi connectivity index (χ0) is 13.8. The van der Waals surface area contributed by atoms with E-state index in [-0.39, 0.29) is 11.6 Å². The van der Waals surface area contributed by atoms with Gasteiger partial charge >= 0.3 is 0 Å². The van der Waals surface area contributed by atoms with E-state index in [1.54, 1.807) is 30.3 Å². The highest BCUT2D eigenvalue weighted by Gasteiger charge is 2.05. The van der Waals surface area contributed by atoms with Gasteiger partial charge in [-0.25, -0.2) is 4.39 Å². The third-order valence-corrected chi connectivity index (χ3v) is 3.26. The number of rotatable bonds is 3. The molecular formula is C15H9Cl2FO. The van der Waals surface area contributed by atoms with E-state index < -0.39 is 0 Å². The van der Waals surface area contributed by atoms with Crippen LogP contribution in [0.4, 0.5) is 4.39 Å². The smallest absolute Gasteiger partial charge is 0.185 e. The molecule has 0 saturated heterocycles. The zero-order valence-electron chi connectivity index (χ0n) is 9.74. The van der Waals surface area contributed by atoms with Gasteiger partial charge in [0, 0.05) is 11.1 Å². The number of allylic oxidation sites excluding steroid dienone is 1. The van der Waals surface area contributed by atoms with Crippen molar-refractivity contribution in [2.24, 2.45) is 0 Å². The van der Waals surface area contributed by atoms with Crippen LogP contribution < -0.4 is 0 Å². The summed E-state index contributed by atoms with van der Waals surface area (Å²) >= 11 is 11.6. The molecule has 0 saturated carbocycles. The Morgan fingerprint density at radius 2 is 1.79 bits per heavy atom. The molecule has 0 N–H and O–H groups in total. The summed E-state index contributed by atoms with van der Waals surface area (Å²) in [6, 6.07) is 10.8. The molecular weight excluding hydrogens is 286 g/mol. The van der Waals surface area contributed by atoms with Gasteiger partial charge in [-0.15, -0.1) is 0 Å². The lowest BCUT2D eigenvalue weighted by Crippen LogP contribution is -1.94. The number of ketones is 1. The van der Waals surface area contributed by atoms with Crippen molar-refractivity contribution in [3.63, 3.8) is 0 Å². The van der Waals surface area contributed by atoms with E-state index in [1.165, 1.54) is 24.3 Å². The van der Waals surface area contributed by atoms with Crippen molar-refractivity contribution in [2.45, 2.75) is 0 Å². The lowest BCUT2D eigenvalue weighted by molar-refractivity contribution is 0.104. The Labute approximate surface area is 120 Å². The summed E-state index contributed by atoms with van der Waals surface area (Å²) in [4.78, 5) is 11.9. The van der Waals surface area contributed by atoms with Gasteiger partial charge in [0.05, 0.1) is 10.0 Å². The Morgan fingerprint density at radius 3 is 2.47 bits per heavy atom. The SMILES string of the molecule is O=C(C=Cc1ccccc1F)c1ccc(Cl)c(Cl)c1. The quantitative estimate of drug-likeness (QED) is 0.573. The fourth-order valence-corrected chi connectivity index (χ4v) is 1.82. The zero-order valence-corrected chi connectivity index (χ0v) is 11.3. The van der Waals surface area contributed by atoms with Crippen LogP contribution in [0.2, 0.25) is 10.0 Å². The van der Waals surface area contributed by atoms with Crippen molar-refractivity contribution in [1.29, 1.82) is 0 Å². The van der Waals surface area contributed by atoms with Crippen LogP contribution >= 0.6 is 23.2 Å². The second-order valence-electron chi connectivity index (χ2n) is 3.85. The maximum Gasteiger partial charge on any atom is 0.185 e. The number of hydrogen-bond donors (Lipinski definition) is 0. The number of carbonyl (C=O) groups is 1. The topological polar surface area (TPSA) is 17.1 Å². The van der Waals surface area contributed by atoms with Crippen LogP contribution in [0.3, 0.4) is 0 Å². The third kappa shape index (κ3) is 3.43. The molecule has 2 aromatic carbocycles. The van der Waals surface area contributed by atoms with E-state index in [9.17, 15) is 9.18 Å². The Morgan fingerprint density at radius 1 is 1.05 bits per heavy atom. The van der Waals surface area contributed by atoms with Crippen LogP contribution in [0.1, 0.15) is 15.9 Å². The minimum atomic E-state index is -0.374. The van der Waals surface area contributed by atoms with Crippen LogP contribution in [-0.4, -0.2) is 5.78 Å². The molecule has 1 nitrogen and oxygen atoms in total. The molecule has 0 fully saturated rings. The Hall–Kier alpha value is -1.64. The second kappa shape index (κ2) is 6.00. The van der Waals surface area contributed by atoms with Gasteiger partial charge in [0.25, 0.3) is 0 Å². The molecule has 0 aliphatic carbocycles. The van der Waals surface area contributed by atoms with E-state index in [1.807, 2.05) is 0 Å². The van der Waals surface area contributed by atoms with Gasteiger partial charge in [-0.3, -0.25) is 4.79 Å². The molecule has 19 heavy (non-hydrogen) atoms. The number of carbonyl (C=O) groups excluding carboxylic acids is 1. The van der Waals surface area contributed by atoms with Gasteiger partial charge in [0.2, 0.25) is 0 Å². The largest absolute Gasteiger partial charge is 0.289 e. The van der Waals surface area contributed by atoms with Crippen LogP contribution in [0.25, 0.3) is 6.08 Å². The van der Waals surface area contributed by atoms with E-state index in [0.717, 1.165) is 0 Å². The van der Waals surface area contributed by atoms with Crippen molar-refractivity contribution in [3.05, 3.63) is 75.5 Å². The van der Waals surface area contributed by atoms with Gasteiger partial charge < -0.3 is 0 Å². The van der Waals surface area contributed by atoms with Gasteiger partial charge in [-0.2, -0.15) is 0 Å². The molecule has 96 valence electrons. The van der Waals surface area contributed by atoms with E-state index in [4.69, 9.17) is 23.2 Å². The summed E-state index contributed by atoms with van der Waals surface area (Å²) in [5.74, 6) is -0.637. The molecule has 0 aromatic heterocycles. The first-order chi connectivity index (χ1) is 9.08. The van der Waals surface area contributed by atoms with Crippen molar-refractivity contribution < 1.29 is 9.18 Å². The number of halogens is 3. The first kappa shape index (κ1) is 13.8. The molecule has 0 amide bonds. The normalized spacial score (nSPS) is 10.9. The predicted molar refractivity (Wildman–Crippen MR) is 76.2 cm³/mol.